The number of rotatable bonds is 5. The van der Waals surface area contributed by atoms with Gasteiger partial charge >= 0.3 is 0 Å². The van der Waals surface area contributed by atoms with Gasteiger partial charge in [0.1, 0.15) is 17.2 Å². The third-order valence-electron chi connectivity index (χ3n) is 3.08. The average Bonchev–Trinajstić information content (AvgIpc) is 2.58. The summed E-state index contributed by atoms with van der Waals surface area (Å²) in [4.78, 5) is 12.2. The van der Waals surface area contributed by atoms with E-state index in [1.165, 1.54) is 20.4 Å². The van der Waals surface area contributed by atoms with Gasteiger partial charge in [0.25, 0.3) is 5.91 Å². The summed E-state index contributed by atoms with van der Waals surface area (Å²) in [6.07, 6.45) is 1.35. The Balaban J connectivity index is 2.16. The molecule has 0 fully saturated rings. The molecule has 2 aromatic rings. The first-order valence-electron chi connectivity index (χ1n) is 6.69. The van der Waals surface area contributed by atoms with Crippen LogP contribution in [0, 0.1) is 0 Å². The highest BCUT2D eigenvalue weighted by molar-refractivity contribution is 9.11. The number of carbonyl (C=O) groups excluding carboxylic acids is 1. The Morgan fingerprint density at radius 2 is 1.96 bits per heavy atom. The molecule has 0 spiro atoms. The minimum absolute atomic E-state index is 0.0261. The van der Waals surface area contributed by atoms with E-state index in [0.29, 0.717) is 27.1 Å². The largest absolute Gasteiger partial charge is 0.506 e. The first-order valence-corrected chi connectivity index (χ1v) is 8.28. The van der Waals surface area contributed by atoms with Crippen LogP contribution in [0.15, 0.2) is 44.4 Å². The number of carbonyl (C=O) groups is 1. The van der Waals surface area contributed by atoms with Crippen LogP contribution in [0.3, 0.4) is 0 Å². The number of nitrogens with one attached hydrogen (secondary N) is 1. The van der Waals surface area contributed by atoms with Crippen molar-refractivity contribution in [1.82, 2.24) is 5.43 Å². The second kappa shape index (κ2) is 8.16. The van der Waals surface area contributed by atoms with Crippen molar-refractivity contribution in [3.05, 3.63) is 50.4 Å². The van der Waals surface area contributed by atoms with Crippen LogP contribution in [-0.2, 0) is 0 Å². The van der Waals surface area contributed by atoms with Crippen LogP contribution in [0.2, 0.25) is 0 Å². The van der Waals surface area contributed by atoms with Crippen molar-refractivity contribution in [3.8, 4) is 17.2 Å². The molecular formula is C16H14Br2N2O4. The molecule has 0 radical (unpaired) electrons. The Morgan fingerprint density at radius 1 is 1.21 bits per heavy atom. The predicted octanol–water partition coefficient (Wildman–Crippen LogP) is 3.70. The normalized spacial score (nSPS) is 10.7. The lowest BCUT2D eigenvalue weighted by molar-refractivity contribution is 0.0952. The van der Waals surface area contributed by atoms with Crippen molar-refractivity contribution in [2.24, 2.45) is 5.10 Å². The van der Waals surface area contributed by atoms with Crippen LogP contribution in [0.4, 0.5) is 0 Å². The summed E-state index contributed by atoms with van der Waals surface area (Å²) in [6.45, 7) is 0. The van der Waals surface area contributed by atoms with Gasteiger partial charge in [-0.1, -0.05) is 15.9 Å². The standard InChI is InChI=1S/C16H14Br2N2O4/c1-23-11-3-4-12(14(7-11)24-2)16(22)20-19-8-9-5-10(17)6-13(18)15(9)21/h3-8,21H,1-2H3,(H,20,22). The van der Waals surface area contributed by atoms with E-state index in [9.17, 15) is 9.90 Å². The van der Waals surface area contributed by atoms with Crippen molar-refractivity contribution in [2.45, 2.75) is 0 Å². The first-order chi connectivity index (χ1) is 11.5. The van der Waals surface area contributed by atoms with Gasteiger partial charge in [-0.15, -0.1) is 0 Å². The van der Waals surface area contributed by atoms with E-state index in [1.54, 1.807) is 30.3 Å². The molecule has 0 aliphatic heterocycles. The van der Waals surface area contributed by atoms with E-state index in [2.05, 4.69) is 42.4 Å². The van der Waals surface area contributed by atoms with Gasteiger partial charge in [0.15, 0.2) is 0 Å². The van der Waals surface area contributed by atoms with E-state index in [4.69, 9.17) is 9.47 Å². The van der Waals surface area contributed by atoms with E-state index >= 15 is 0 Å². The number of amides is 1. The molecule has 0 aliphatic rings. The highest BCUT2D eigenvalue weighted by atomic mass is 79.9. The highest BCUT2D eigenvalue weighted by Gasteiger charge is 2.13. The van der Waals surface area contributed by atoms with Gasteiger partial charge in [-0.05, 0) is 40.2 Å². The summed E-state index contributed by atoms with van der Waals surface area (Å²) < 4.78 is 11.5. The van der Waals surface area contributed by atoms with Crippen LogP contribution < -0.4 is 14.9 Å². The Kier molecular flexibility index (Phi) is 6.22. The van der Waals surface area contributed by atoms with Gasteiger partial charge in [0.05, 0.1) is 30.5 Å². The van der Waals surface area contributed by atoms with Gasteiger partial charge in [0.2, 0.25) is 0 Å². The number of nitrogens with zero attached hydrogens (tertiary/aromatic N) is 1. The van der Waals surface area contributed by atoms with Crippen molar-refractivity contribution in [2.75, 3.05) is 14.2 Å². The van der Waals surface area contributed by atoms with Crippen molar-refractivity contribution >= 4 is 44.0 Å². The van der Waals surface area contributed by atoms with Crippen molar-refractivity contribution in [3.63, 3.8) is 0 Å². The number of halogens is 2. The van der Waals surface area contributed by atoms with Gasteiger partial charge < -0.3 is 14.6 Å². The lowest BCUT2D eigenvalue weighted by Crippen LogP contribution is -2.18. The van der Waals surface area contributed by atoms with Crippen LogP contribution in [0.1, 0.15) is 15.9 Å². The summed E-state index contributed by atoms with van der Waals surface area (Å²) in [6, 6.07) is 8.21. The number of hydrazone groups is 1. The Morgan fingerprint density at radius 3 is 2.62 bits per heavy atom. The molecule has 0 unspecified atom stereocenters. The topological polar surface area (TPSA) is 80.2 Å². The van der Waals surface area contributed by atoms with Crippen LogP contribution in [-0.4, -0.2) is 31.4 Å². The second-order valence-electron chi connectivity index (χ2n) is 4.59. The molecule has 0 aromatic heterocycles. The van der Waals surface area contributed by atoms with Crippen molar-refractivity contribution in [1.29, 1.82) is 0 Å². The van der Waals surface area contributed by atoms with Gasteiger partial charge in [-0.25, -0.2) is 5.43 Å². The highest BCUT2D eigenvalue weighted by Crippen LogP contribution is 2.30. The Bertz CT molecular complexity index is 794. The van der Waals surface area contributed by atoms with Gasteiger partial charge in [-0.2, -0.15) is 5.10 Å². The summed E-state index contributed by atoms with van der Waals surface area (Å²) in [5.74, 6) is 0.531. The molecule has 6 nitrogen and oxygen atoms in total. The quantitative estimate of drug-likeness (QED) is 0.530. The number of phenolic OH excluding ortho intramolecular Hbond substituents is 1. The molecule has 0 saturated carbocycles. The Labute approximate surface area is 155 Å². The maximum atomic E-state index is 12.2. The molecule has 2 aromatic carbocycles. The number of phenols is 1. The van der Waals surface area contributed by atoms with Gasteiger partial charge in [0, 0.05) is 16.1 Å². The molecule has 8 heteroatoms. The third kappa shape index (κ3) is 4.27. The summed E-state index contributed by atoms with van der Waals surface area (Å²) >= 11 is 6.55. The van der Waals surface area contributed by atoms with E-state index < -0.39 is 5.91 Å². The first kappa shape index (κ1) is 18.3. The third-order valence-corrected chi connectivity index (χ3v) is 4.14. The fourth-order valence-corrected chi connectivity index (χ4v) is 3.15. The summed E-state index contributed by atoms with van der Waals surface area (Å²) in [7, 11) is 2.99. The number of ether oxygens (including phenoxy) is 2. The van der Waals surface area contributed by atoms with E-state index in [-0.39, 0.29) is 5.75 Å². The monoisotopic (exact) mass is 456 g/mol. The minimum Gasteiger partial charge on any atom is -0.506 e. The summed E-state index contributed by atoms with van der Waals surface area (Å²) in [5, 5.41) is 13.8. The number of hydrogen-bond donors (Lipinski definition) is 2. The minimum atomic E-state index is -0.445. The fourth-order valence-electron chi connectivity index (χ4n) is 1.89. The van der Waals surface area contributed by atoms with E-state index in [0.717, 1.165) is 4.47 Å². The van der Waals surface area contributed by atoms with Crippen LogP contribution in [0.25, 0.3) is 0 Å². The van der Waals surface area contributed by atoms with Crippen molar-refractivity contribution < 1.29 is 19.4 Å². The number of aromatic hydroxyl groups is 1. The lowest BCUT2D eigenvalue weighted by atomic mass is 10.2. The number of hydrogen-bond acceptors (Lipinski definition) is 5. The molecule has 0 saturated heterocycles. The Hall–Kier alpha value is -2.06. The molecule has 0 aliphatic carbocycles. The molecule has 126 valence electrons. The maximum absolute atomic E-state index is 12.2. The SMILES string of the molecule is COc1ccc(C(=O)NN=Cc2cc(Br)cc(Br)c2O)c(OC)c1. The molecular weight excluding hydrogens is 444 g/mol. The van der Waals surface area contributed by atoms with E-state index in [1.807, 2.05) is 0 Å². The molecule has 2 N–H and O–H groups in total. The molecule has 0 heterocycles. The number of methoxy groups -OCH3 is 2. The smallest absolute Gasteiger partial charge is 0.275 e. The lowest BCUT2D eigenvalue weighted by Gasteiger charge is -2.09. The zero-order valence-electron chi connectivity index (χ0n) is 12.8. The molecule has 0 atom stereocenters. The second-order valence-corrected chi connectivity index (χ2v) is 6.36. The molecule has 24 heavy (non-hydrogen) atoms. The molecule has 1 amide bonds. The maximum Gasteiger partial charge on any atom is 0.275 e. The zero-order chi connectivity index (χ0) is 17.7. The van der Waals surface area contributed by atoms with Gasteiger partial charge in [-0.3, -0.25) is 4.79 Å². The van der Waals surface area contributed by atoms with Crippen LogP contribution in [0.5, 0.6) is 17.2 Å². The zero-order valence-corrected chi connectivity index (χ0v) is 16.0. The molecule has 0 bridgehead atoms. The summed E-state index contributed by atoms with van der Waals surface area (Å²) in [5.41, 5.74) is 3.15. The fraction of sp³-hybridized carbons (Fsp3) is 0.125. The average molecular weight is 458 g/mol. The number of benzene rings is 2. The molecule has 2 rings (SSSR count). The van der Waals surface area contributed by atoms with Crippen LogP contribution >= 0.6 is 31.9 Å². The predicted molar refractivity (Wildman–Crippen MR) is 98.1 cm³/mol.